The van der Waals surface area contributed by atoms with Crippen LogP contribution in [0, 0.1) is 0 Å². The quantitative estimate of drug-likeness (QED) is 0.756. The lowest BCUT2D eigenvalue weighted by Gasteiger charge is -2.01. The van der Waals surface area contributed by atoms with E-state index in [0.29, 0.717) is 0 Å². The van der Waals surface area contributed by atoms with E-state index >= 15 is 0 Å². The Hall–Kier alpha value is -2.57. The maximum Gasteiger partial charge on any atom is 0.325 e. The molecule has 0 aliphatic rings. The molecule has 0 aliphatic carbocycles. The van der Waals surface area contributed by atoms with Gasteiger partial charge in [-0.05, 0) is 16.0 Å². The van der Waals surface area contributed by atoms with E-state index in [1.54, 1.807) is 0 Å². The third kappa shape index (κ3) is 2.76. The van der Waals surface area contributed by atoms with Gasteiger partial charge in [0.05, 0.1) is 0 Å². The molecule has 1 aromatic heterocycles. The summed E-state index contributed by atoms with van der Waals surface area (Å²) in [6.07, 6.45) is 0.140. The van der Waals surface area contributed by atoms with Crippen LogP contribution in [0.15, 0.2) is 30.3 Å². The summed E-state index contributed by atoms with van der Waals surface area (Å²) in [5.74, 6) is -1.45. The van der Waals surface area contributed by atoms with Gasteiger partial charge in [0.15, 0.2) is 0 Å². The summed E-state index contributed by atoms with van der Waals surface area (Å²) in [6, 6.07) is 9.11. The van der Waals surface area contributed by atoms with E-state index in [1.807, 2.05) is 30.3 Å². The molecular formula is C11H10N4O3. The summed E-state index contributed by atoms with van der Waals surface area (Å²) >= 11 is 0. The molecule has 0 radical (unpaired) electrons. The first kappa shape index (κ1) is 11.9. The number of tetrazole rings is 1. The second-order valence-corrected chi connectivity index (χ2v) is 3.64. The summed E-state index contributed by atoms with van der Waals surface area (Å²) in [6.45, 7) is -0.428. The van der Waals surface area contributed by atoms with Crippen molar-refractivity contribution in [2.24, 2.45) is 0 Å². The molecule has 0 fully saturated rings. The number of aliphatic carboxylic acids is 1. The minimum Gasteiger partial charge on any atom is -0.480 e. The first-order valence-electron chi connectivity index (χ1n) is 5.22. The molecule has 2 aromatic rings. The van der Waals surface area contributed by atoms with Gasteiger partial charge in [-0.2, -0.15) is 0 Å². The van der Waals surface area contributed by atoms with Crippen molar-refractivity contribution in [2.75, 3.05) is 0 Å². The zero-order valence-electron chi connectivity index (χ0n) is 9.35. The Balaban J connectivity index is 2.14. The molecular weight excluding hydrogens is 236 g/mol. The summed E-state index contributed by atoms with van der Waals surface area (Å²) in [7, 11) is 0. The minimum atomic E-state index is -1.10. The summed E-state index contributed by atoms with van der Waals surface area (Å²) in [5.41, 5.74) is 0.826. The molecule has 7 heteroatoms. The molecule has 0 amide bonds. The lowest BCUT2D eigenvalue weighted by molar-refractivity contribution is -0.137. The fourth-order valence-electron chi connectivity index (χ4n) is 1.50. The predicted molar refractivity (Wildman–Crippen MR) is 59.9 cm³/mol. The second-order valence-electron chi connectivity index (χ2n) is 3.64. The Bertz CT molecular complexity index is 565. The highest BCUT2D eigenvalue weighted by atomic mass is 16.4. The van der Waals surface area contributed by atoms with E-state index < -0.39 is 12.5 Å². The number of rotatable bonds is 5. The van der Waals surface area contributed by atoms with Crippen LogP contribution in [-0.2, 0) is 17.8 Å². The van der Waals surface area contributed by atoms with Gasteiger partial charge in [-0.1, -0.05) is 30.3 Å². The molecule has 1 aromatic carbocycles. The number of Topliss-reactive ketones (excluding diaryl/α,β-unsaturated/α-hetero) is 1. The number of carboxylic acids is 1. The molecule has 0 saturated carbocycles. The molecule has 92 valence electrons. The number of benzene rings is 1. The monoisotopic (exact) mass is 246 g/mol. The molecule has 0 aliphatic heterocycles. The van der Waals surface area contributed by atoms with Crippen molar-refractivity contribution in [2.45, 2.75) is 13.0 Å². The molecule has 18 heavy (non-hydrogen) atoms. The largest absolute Gasteiger partial charge is 0.480 e. The number of nitrogens with zero attached hydrogens (tertiary/aromatic N) is 4. The van der Waals surface area contributed by atoms with Crippen molar-refractivity contribution in [1.29, 1.82) is 0 Å². The molecule has 7 nitrogen and oxygen atoms in total. The van der Waals surface area contributed by atoms with Gasteiger partial charge in [0, 0.05) is 6.42 Å². The maximum atomic E-state index is 11.9. The van der Waals surface area contributed by atoms with Crippen molar-refractivity contribution in [1.82, 2.24) is 20.2 Å². The topological polar surface area (TPSA) is 98.0 Å². The molecule has 1 N–H and O–H groups in total. The Morgan fingerprint density at radius 2 is 1.94 bits per heavy atom. The van der Waals surface area contributed by atoms with Crippen LogP contribution in [-0.4, -0.2) is 37.1 Å². The molecule has 0 atom stereocenters. The number of hydrogen-bond donors (Lipinski definition) is 1. The van der Waals surface area contributed by atoms with Crippen LogP contribution in [0.1, 0.15) is 16.2 Å². The van der Waals surface area contributed by atoms with Crippen molar-refractivity contribution >= 4 is 11.8 Å². The van der Waals surface area contributed by atoms with Crippen molar-refractivity contribution in [3.8, 4) is 0 Å². The lowest BCUT2D eigenvalue weighted by Crippen LogP contribution is -2.18. The number of aromatic nitrogens is 4. The van der Waals surface area contributed by atoms with Crippen LogP contribution in [0.3, 0.4) is 0 Å². The first-order chi connectivity index (χ1) is 8.66. The van der Waals surface area contributed by atoms with E-state index in [9.17, 15) is 9.59 Å². The van der Waals surface area contributed by atoms with Gasteiger partial charge in [-0.3, -0.25) is 9.59 Å². The fourth-order valence-corrected chi connectivity index (χ4v) is 1.50. The van der Waals surface area contributed by atoms with Crippen molar-refractivity contribution < 1.29 is 14.7 Å². The number of ketones is 1. The van der Waals surface area contributed by atoms with Crippen molar-refractivity contribution in [3.63, 3.8) is 0 Å². The third-order valence-corrected chi connectivity index (χ3v) is 2.27. The number of carbonyl (C=O) groups is 2. The molecule has 0 unspecified atom stereocenters. The smallest absolute Gasteiger partial charge is 0.325 e. The molecule has 0 spiro atoms. The van der Waals surface area contributed by atoms with Crippen LogP contribution in [0.5, 0.6) is 0 Å². The maximum absolute atomic E-state index is 11.9. The van der Waals surface area contributed by atoms with Crippen LogP contribution in [0.2, 0.25) is 0 Å². The molecule has 0 bridgehead atoms. The first-order valence-corrected chi connectivity index (χ1v) is 5.22. The fraction of sp³-hybridized carbons (Fsp3) is 0.182. The van der Waals surface area contributed by atoms with Crippen LogP contribution in [0.4, 0.5) is 0 Å². The number of carboxylic acid groups (broad SMARTS) is 1. The summed E-state index contributed by atoms with van der Waals surface area (Å²) < 4.78 is 0.980. The predicted octanol–water partition coefficient (Wildman–Crippen LogP) is 0.183. The normalized spacial score (nSPS) is 10.2. The van der Waals surface area contributed by atoms with E-state index in [0.717, 1.165) is 10.2 Å². The average Bonchev–Trinajstić information content (AvgIpc) is 2.77. The van der Waals surface area contributed by atoms with Crippen LogP contribution >= 0.6 is 0 Å². The van der Waals surface area contributed by atoms with Gasteiger partial charge < -0.3 is 5.11 Å². The van der Waals surface area contributed by atoms with E-state index in [4.69, 9.17) is 5.11 Å². The van der Waals surface area contributed by atoms with Gasteiger partial charge >= 0.3 is 5.97 Å². The van der Waals surface area contributed by atoms with Gasteiger partial charge in [0.25, 0.3) is 0 Å². The van der Waals surface area contributed by atoms with Crippen LogP contribution < -0.4 is 0 Å². The molecule has 0 saturated heterocycles. The lowest BCUT2D eigenvalue weighted by atomic mass is 10.1. The van der Waals surface area contributed by atoms with E-state index in [1.165, 1.54) is 0 Å². The van der Waals surface area contributed by atoms with Crippen molar-refractivity contribution in [3.05, 3.63) is 41.7 Å². The Morgan fingerprint density at radius 3 is 2.61 bits per heavy atom. The molecule has 1 heterocycles. The summed E-state index contributed by atoms with van der Waals surface area (Å²) in [5, 5.41) is 19.0. The zero-order chi connectivity index (χ0) is 13.0. The van der Waals surface area contributed by atoms with Gasteiger partial charge in [-0.15, -0.1) is 5.10 Å². The highest BCUT2D eigenvalue weighted by Crippen LogP contribution is 2.04. The SMILES string of the molecule is O=C(O)Cn1nnnc1C(=O)Cc1ccccc1. The second kappa shape index (κ2) is 5.17. The Morgan fingerprint density at radius 1 is 1.22 bits per heavy atom. The average molecular weight is 246 g/mol. The molecule has 2 rings (SSSR count). The highest BCUT2D eigenvalue weighted by molar-refractivity contribution is 5.94. The van der Waals surface area contributed by atoms with Gasteiger partial charge in [-0.25, -0.2) is 4.68 Å². The third-order valence-electron chi connectivity index (χ3n) is 2.27. The Kier molecular flexibility index (Phi) is 3.42. The highest BCUT2D eigenvalue weighted by Gasteiger charge is 2.17. The number of hydrogen-bond acceptors (Lipinski definition) is 5. The van der Waals surface area contributed by atoms with Crippen LogP contribution in [0.25, 0.3) is 0 Å². The number of carbonyl (C=O) groups excluding carboxylic acids is 1. The Labute approximate surface area is 102 Å². The van der Waals surface area contributed by atoms with Gasteiger partial charge in [0.2, 0.25) is 11.6 Å². The van der Waals surface area contributed by atoms with E-state index in [2.05, 4.69) is 15.5 Å². The minimum absolute atomic E-state index is 0.0405. The zero-order valence-corrected chi connectivity index (χ0v) is 9.35. The standard InChI is InChI=1S/C11H10N4O3/c16-9(6-8-4-2-1-3-5-8)11-12-13-14-15(11)7-10(17)18/h1-5H,6-7H2,(H,17,18). The summed E-state index contributed by atoms with van der Waals surface area (Å²) in [4.78, 5) is 22.5. The van der Waals surface area contributed by atoms with Gasteiger partial charge in [0.1, 0.15) is 6.54 Å². The van der Waals surface area contributed by atoms with E-state index in [-0.39, 0.29) is 18.0 Å².